The second kappa shape index (κ2) is 11.0. The molecule has 2 atom stereocenters. The van der Waals surface area contributed by atoms with Crippen molar-refractivity contribution in [3.63, 3.8) is 0 Å². The van der Waals surface area contributed by atoms with Gasteiger partial charge in [-0.25, -0.2) is 8.78 Å². The Labute approximate surface area is 201 Å². The molecule has 190 valence electrons. The van der Waals surface area contributed by atoms with Gasteiger partial charge in [0.2, 0.25) is 17.5 Å². The lowest BCUT2D eigenvalue weighted by molar-refractivity contribution is -0.140. The fourth-order valence-electron chi connectivity index (χ4n) is 3.57. The van der Waals surface area contributed by atoms with Crippen molar-refractivity contribution in [1.82, 2.24) is 9.88 Å². The van der Waals surface area contributed by atoms with Gasteiger partial charge in [0.05, 0.1) is 6.42 Å². The number of nitrogens with zero attached hydrogens (tertiary/aromatic N) is 1. The van der Waals surface area contributed by atoms with Crippen LogP contribution in [0.5, 0.6) is 5.75 Å². The Balaban J connectivity index is 1.82. The van der Waals surface area contributed by atoms with Crippen molar-refractivity contribution < 1.29 is 41.8 Å². The van der Waals surface area contributed by atoms with E-state index in [2.05, 4.69) is 10.1 Å². The Kier molecular flexibility index (Phi) is 8.07. The van der Waals surface area contributed by atoms with Crippen LogP contribution < -0.4 is 15.6 Å². The molecular weight excluding hydrogens is 488 g/mol. The summed E-state index contributed by atoms with van der Waals surface area (Å²) >= 11 is 0. The van der Waals surface area contributed by atoms with E-state index in [-0.39, 0.29) is 12.5 Å². The van der Waals surface area contributed by atoms with E-state index in [0.29, 0.717) is 10.8 Å². The van der Waals surface area contributed by atoms with Crippen LogP contribution in [-0.2, 0) is 14.4 Å². The Morgan fingerprint density at radius 2 is 1.69 bits per heavy atom. The minimum atomic E-state index is -1.89. The summed E-state index contributed by atoms with van der Waals surface area (Å²) in [6.45, 7) is 0.384. The normalized spacial score (nSPS) is 12.7. The minimum Gasteiger partial charge on any atom is -0.481 e. The number of carboxylic acid groups (broad SMARTS) is 1. The van der Waals surface area contributed by atoms with Crippen molar-refractivity contribution in [2.75, 3.05) is 6.61 Å². The topological polar surface area (TPSA) is 115 Å². The van der Waals surface area contributed by atoms with E-state index in [4.69, 9.17) is 5.11 Å². The van der Waals surface area contributed by atoms with E-state index < -0.39 is 77.3 Å². The first-order chi connectivity index (χ1) is 17.0. The van der Waals surface area contributed by atoms with Crippen LogP contribution >= 0.6 is 0 Å². The molecule has 8 nitrogen and oxygen atoms in total. The molecule has 12 heteroatoms. The molecule has 0 bridgehead atoms. The highest BCUT2D eigenvalue weighted by molar-refractivity contribution is 5.93. The third kappa shape index (κ3) is 5.53. The lowest BCUT2D eigenvalue weighted by Crippen LogP contribution is -2.47. The van der Waals surface area contributed by atoms with Gasteiger partial charge in [-0.05, 0) is 23.9 Å². The maximum absolute atomic E-state index is 13.8. The number of halogens is 4. The lowest BCUT2D eigenvalue weighted by atomic mass is 10.1. The van der Waals surface area contributed by atoms with Gasteiger partial charge < -0.3 is 19.7 Å². The van der Waals surface area contributed by atoms with Crippen molar-refractivity contribution in [2.24, 2.45) is 0 Å². The van der Waals surface area contributed by atoms with Gasteiger partial charge in [-0.15, -0.1) is 0 Å². The van der Waals surface area contributed by atoms with Gasteiger partial charge in [0.15, 0.2) is 23.2 Å². The summed E-state index contributed by atoms with van der Waals surface area (Å²) in [5.41, 5.74) is -0.487. The SMILES string of the molecule is CC[C@@H](C(=O)N[C@@H](CC(=O)O)C(=O)COc1c(F)c(F)cc(F)c1F)n1ccc2ccccc2c1=O. The highest BCUT2D eigenvalue weighted by Gasteiger charge is 2.29. The number of carbonyl (C=O) groups is 3. The van der Waals surface area contributed by atoms with E-state index in [0.717, 1.165) is 4.57 Å². The van der Waals surface area contributed by atoms with Crippen LogP contribution in [0.3, 0.4) is 0 Å². The van der Waals surface area contributed by atoms with Crippen LogP contribution in [0, 0.1) is 23.3 Å². The molecule has 0 radical (unpaired) electrons. The van der Waals surface area contributed by atoms with Crippen LogP contribution in [0.4, 0.5) is 17.6 Å². The number of carboxylic acids is 1. The van der Waals surface area contributed by atoms with Gasteiger partial charge in [-0.1, -0.05) is 25.1 Å². The predicted molar refractivity (Wildman–Crippen MR) is 118 cm³/mol. The number of benzene rings is 2. The molecule has 1 aromatic heterocycles. The van der Waals surface area contributed by atoms with Crippen LogP contribution in [0.15, 0.2) is 47.4 Å². The first-order valence-corrected chi connectivity index (χ1v) is 10.7. The largest absolute Gasteiger partial charge is 0.481 e. The summed E-state index contributed by atoms with van der Waals surface area (Å²) < 4.78 is 60.0. The number of pyridine rings is 1. The molecule has 3 aromatic rings. The molecule has 0 aliphatic rings. The molecule has 1 amide bonds. The highest BCUT2D eigenvalue weighted by Crippen LogP contribution is 2.26. The zero-order chi connectivity index (χ0) is 26.6. The molecule has 0 saturated heterocycles. The number of aromatic nitrogens is 1. The van der Waals surface area contributed by atoms with Gasteiger partial charge in [0.1, 0.15) is 18.7 Å². The average Bonchev–Trinajstić information content (AvgIpc) is 2.84. The maximum Gasteiger partial charge on any atom is 0.305 e. The molecular formula is C24H20F4N2O6. The van der Waals surface area contributed by atoms with Gasteiger partial charge in [0, 0.05) is 17.6 Å². The molecule has 0 aliphatic heterocycles. The number of hydrogen-bond acceptors (Lipinski definition) is 5. The van der Waals surface area contributed by atoms with Crippen molar-refractivity contribution in [2.45, 2.75) is 31.8 Å². The number of ether oxygens (including phenoxy) is 1. The zero-order valence-electron chi connectivity index (χ0n) is 18.8. The number of aliphatic carboxylic acids is 1. The molecule has 0 fully saturated rings. The molecule has 2 N–H and O–H groups in total. The molecule has 2 aromatic carbocycles. The Hall–Kier alpha value is -4.22. The second-order valence-corrected chi connectivity index (χ2v) is 7.75. The number of nitrogens with one attached hydrogen (secondary N) is 1. The quantitative estimate of drug-likeness (QED) is 0.321. The van der Waals surface area contributed by atoms with E-state index in [9.17, 15) is 36.7 Å². The summed E-state index contributed by atoms with van der Waals surface area (Å²) in [6, 6.07) is 5.36. The summed E-state index contributed by atoms with van der Waals surface area (Å²) in [5, 5.41) is 12.3. The predicted octanol–water partition coefficient (Wildman–Crippen LogP) is 3.12. The number of fused-ring (bicyclic) bond motifs is 1. The third-order valence-electron chi connectivity index (χ3n) is 5.38. The van der Waals surface area contributed by atoms with Crippen LogP contribution in [0.25, 0.3) is 10.8 Å². The van der Waals surface area contributed by atoms with Crippen LogP contribution in [-0.4, -0.2) is 40.0 Å². The smallest absolute Gasteiger partial charge is 0.305 e. The fourth-order valence-corrected chi connectivity index (χ4v) is 3.57. The van der Waals surface area contributed by atoms with Crippen molar-refractivity contribution >= 4 is 28.4 Å². The molecule has 0 spiro atoms. The number of amides is 1. The maximum atomic E-state index is 13.8. The van der Waals surface area contributed by atoms with Gasteiger partial charge in [-0.3, -0.25) is 19.2 Å². The first kappa shape index (κ1) is 26.4. The number of hydrogen-bond donors (Lipinski definition) is 2. The summed E-state index contributed by atoms with van der Waals surface area (Å²) in [7, 11) is 0. The molecule has 1 heterocycles. The molecule has 0 saturated carbocycles. The second-order valence-electron chi connectivity index (χ2n) is 7.75. The number of rotatable bonds is 10. The summed E-state index contributed by atoms with van der Waals surface area (Å²) in [5.74, 6) is -12.3. The zero-order valence-corrected chi connectivity index (χ0v) is 18.8. The van der Waals surface area contributed by atoms with E-state index in [1.807, 2.05) is 0 Å². The molecule has 0 unspecified atom stereocenters. The summed E-state index contributed by atoms with van der Waals surface area (Å²) in [4.78, 5) is 49.7. The first-order valence-electron chi connectivity index (χ1n) is 10.7. The standard InChI is InChI=1S/C24H20F4N2O6/c1-2-17(30-8-7-12-5-3-4-6-13(12)24(30)35)23(34)29-16(10-19(32)33)18(31)11-36-22-20(27)14(25)9-15(26)21(22)28/h3-9,16-17H,2,10-11H2,1H3,(H,29,34)(H,32,33)/t16-,17-/m0/s1. The van der Waals surface area contributed by atoms with Crippen LogP contribution in [0.2, 0.25) is 0 Å². The third-order valence-corrected chi connectivity index (χ3v) is 5.38. The number of Topliss-reactive ketones (excluding diaryl/α,β-unsaturated/α-hetero) is 1. The fraction of sp³-hybridized carbons (Fsp3) is 0.250. The van der Waals surface area contributed by atoms with Gasteiger partial charge in [-0.2, -0.15) is 8.78 Å². The van der Waals surface area contributed by atoms with Crippen molar-refractivity contribution in [1.29, 1.82) is 0 Å². The van der Waals surface area contributed by atoms with Gasteiger partial charge >= 0.3 is 5.97 Å². The van der Waals surface area contributed by atoms with Crippen molar-refractivity contribution in [3.05, 3.63) is 76.2 Å². The van der Waals surface area contributed by atoms with E-state index in [1.54, 1.807) is 37.3 Å². The minimum absolute atomic E-state index is 0.0492. The van der Waals surface area contributed by atoms with E-state index >= 15 is 0 Å². The Bertz CT molecular complexity index is 1360. The monoisotopic (exact) mass is 508 g/mol. The molecule has 3 rings (SSSR count). The van der Waals surface area contributed by atoms with E-state index in [1.165, 1.54) is 6.20 Å². The van der Waals surface area contributed by atoms with Crippen molar-refractivity contribution in [3.8, 4) is 5.75 Å². The lowest BCUT2D eigenvalue weighted by Gasteiger charge is -2.22. The Morgan fingerprint density at radius 3 is 2.31 bits per heavy atom. The molecule has 36 heavy (non-hydrogen) atoms. The van der Waals surface area contributed by atoms with Gasteiger partial charge in [0.25, 0.3) is 5.56 Å². The number of carbonyl (C=O) groups excluding carboxylic acids is 2. The van der Waals surface area contributed by atoms with Crippen LogP contribution in [0.1, 0.15) is 25.8 Å². The Morgan fingerprint density at radius 1 is 1.06 bits per heavy atom. The average molecular weight is 508 g/mol. The summed E-state index contributed by atoms with van der Waals surface area (Å²) in [6.07, 6.45) is 0.548. The number of ketones is 1. The highest BCUT2D eigenvalue weighted by atomic mass is 19.2. The molecule has 0 aliphatic carbocycles.